The van der Waals surface area contributed by atoms with Crippen molar-refractivity contribution in [2.45, 2.75) is 25.8 Å². The summed E-state index contributed by atoms with van der Waals surface area (Å²) in [5.41, 5.74) is 0.428. The molecule has 1 spiro atoms. The van der Waals surface area contributed by atoms with Gasteiger partial charge in [-0.15, -0.1) is 5.10 Å². The van der Waals surface area contributed by atoms with E-state index in [0.29, 0.717) is 11.4 Å². The topological polar surface area (TPSA) is 54.6 Å². The van der Waals surface area contributed by atoms with Crippen LogP contribution >= 0.6 is 0 Å². The molecular weight excluding hydrogens is 244 g/mol. The van der Waals surface area contributed by atoms with Crippen LogP contribution in [0, 0.1) is 5.41 Å². The molecule has 1 aromatic heterocycles. The van der Waals surface area contributed by atoms with Gasteiger partial charge in [0.2, 0.25) is 5.89 Å². The van der Waals surface area contributed by atoms with Crippen LogP contribution in [0.1, 0.15) is 25.2 Å². The molecule has 0 aliphatic carbocycles. The van der Waals surface area contributed by atoms with Crippen LogP contribution in [0.2, 0.25) is 0 Å². The van der Waals surface area contributed by atoms with E-state index in [9.17, 15) is 0 Å². The van der Waals surface area contributed by atoms with Crippen molar-refractivity contribution in [2.24, 2.45) is 5.41 Å². The van der Waals surface area contributed by atoms with E-state index < -0.39 is 0 Å². The van der Waals surface area contributed by atoms with Gasteiger partial charge in [0.05, 0.1) is 19.8 Å². The molecule has 3 aliphatic heterocycles. The van der Waals surface area contributed by atoms with E-state index in [1.165, 1.54) is 19.3 Å². The highest BCUT2D eigenvalue weighted by Gasteiger charge is 2.44. The van der Waals surface area contributed by atoms with Crippen LogP contribution in [0.25, 0.3) is 0 Å². The average molecular weight is 264 g/mol. The second kappa shape index (κ2) is 4.45. The average Bonchev–Trinajstić information content (AvgIpc) is 3.07. The maximum Gasteiger partial charge on any atom is 0.318 e. The quantitative estimate of drug-likeness (QED) is 0.808. The molecule has 0 saturated carbocycles. The van der Waals surface area contributed by atoms with Crippen molar-refractivity contribution < 1.29 is 9.15 Å². The molecule has 0 bridgehead atoms. The Hall–Kier alpha value is -1.14. The second-order valence-electron chi connectivity index (χ2n) is 6.13. The molecule has 3 saturated heterocycles. The Morgan fingerprint density at radius 3 is 2.63 bits per heavy atom. The monoisotopic (exact) mass is 264 g/mol. The lowest BCUT2D eigenvalue weighted by atomic mass is 9.85. The largest absolute Gasteiger partial charge is 0.407 e. The normalized spacial score (nSPS) is 26.2. The van der Waals surface area contributed by atoms with Gasteiger partial charge < -0.3 is 14.1 Å². The van der Waals surface area contributed by atoms with Gasteiger partial charge in [-0.25, -0.2) is 0 Å². The van der Waals surface area contributed by atoms with Gasteiger partial charge in [-0.05, 0) is 25.8 Å². The van der Waals surface area contributed by atoms with E-state index in [2.05, 4.69) is 20.0 Å². The number of likely N-dealkylation sites (tertiary alicyclic amines) is 1. The van der Waals surface area contributed by atoms with E-state index in [4.69, 9.17) is 9.15 Å². The Balaban J connectivity index is 1.37. The summed E-state index contributed by atoms with van der Waals surface area (Å²) >= 11 is 0. The smallest absolute Gasteiger partial charge is 0.318 e. The molecule has 4 rings (SSSR count). The molecule has 0 amide bonds. The van der Waals surface area contributed by atoms with Gasteiger partial charge >= 0.3 is 6.01 Å². The number of hydrogen-bond acceptors (Lipinski definition) is 6. The minimum atomic E-state index is 0.428. The molecule has 1 aromatic rings. The van der Waals surface area contributed by atoms with Gasteiger partial charge in [0, 0.05) is 25.0 Å². The minimum absolute atomic E-state index is 0.428. The molecule has 104 valence electrons. The number of anilines is 1. The van der Waals surface area contributed by atoms with E-state index in [0.717, 1.165) is 51.8 Å². The maximum absolute atomic E-state index is 5.78. The lowest BCUT2D eigenvalue weighted by molar-refractivity contribution is -0.105. The lowest BCUT2D eigenvalue weighted by Crippen LogP contribution is -2.44. The number of rotatable bonds is 3. The zero-order chi connectivity index (χ0) is 12.7. The Morgan fingerprint density at radius 1 is 1.11 bits per heavy atom. The van der Waals surface area contributed by atoms with Gasteiger partial charge in [-0.2, -0.15) is 0 Å². The molecule has 3 aliphatic rings. The Morgan fingerprint density at radius 2 is 1.95 bits per heavy atom. The Bertz CT molecular complexity index is 451. The Labute approximate surface area is 112 Å². The molecule has 0 aromatic carbocycles. The van der Waals surface area contributed by atoms with Crippen LogP contribution in [0.15, 0.2) is 4.42 Å². The Kier molecular flexibility index (Phi) is 2.73. The summed E-state index contributed by atoms with van der Waals surface area (Å²) in [6.45, 7) is 6.94. The van der Waals surface area contributed by atoms with Crippen LogP contribution < -0.4 is 4.90 Å². The van der Waals surface area contributed by atoms with Crippen molar-refractivity contribution in [2.75, 3.05) is 44.3 Å². The molecule has 19 heavy (non-hydrogen) atoms. The molecule has 0 N–H and O–H groups in total. The first-order valence-corrected chi connectivity index (χ1v) is 7.21. The van der Waals surface area contributed by atoms with Crippen molar-refractivity contribution >= 4 is 6.01 Å². The van der Waals surface area contributed by atoms with Crippen molar-refractivity contribution in [3.05, 3.63) is 5.89 Å². The highest BCUT2D eigenvalue weighted by Crippen LogP contribution is 2.37. The summed E-state index contributed by atoms with van der Waals surface area (Å²) in [4.78, 5) is 4.59. The number of aromatic nitrogens is 2. The third kappa shape index (κ3) is 2.12. The number of ether oxygens (including phenoxy) is 1. The highest BCUT2D eigenvalue weighted by atomic mass is 16.5. The fraction of sp³-hybridized carbons (Fsp3) is 0.846. The second-order valence-corrected chi connectivity index (χ2v) is 6.13. The summed E-state index contributed by atoms with van der Waals surface area (Å²) in [7, 11) is 0. The van der Waals surface area contributed by atoms with Crippen LogP contribution in [-0.2, 0) is 11.3 Å². The fourth-order valence-corrected chi connectivity index (χ4v) is 3.33. The van der Waals surface area contributed by atoms with Gasteiger partial charge in [-0.1, -0.05) is 5.10 Å². The van der Waals surface area contributed by atoms with Crippen molar-refractivity contribution in [1.82, 2.24) is 15.1 Å². The van der Waals surface area contributed by atoms with Crippen molar-refractivity contribution in [3.63, 3.8) is 0 Å². The summed E-state index contributed by atoms with van der Waals surface area (Å²) in [6, 6.07) is 0.702. The van der Waals surface area contributed by atoms with Crippen LogP contribution in [0.4, 0.5) is 6.01 Å². The summed E-state index contributed by atoms with van der Waals surface area (Å²) < 4.78 is 11.1. The molecule has 3 fully saturated rings. The molecule has 6 nitrogen and oxygen atoms in total. The highest BCUT2D eigenvalue weighted by molar-refractivity contribution is 5.25. The van der Waals surface area contributed by atoms with E-state index in [1.807, 2.05) is 0 Å². The van der Waals surface area contributed by atoms with E-state index in [1.54, 1.807) is 0 Å². The van der Waals surface area contributed by atoms with Crippen LogP contribution in [-0.4, -0.2) is 54.5 Å². The third-order valence-electron chi connectivity index (χ3n) is 4.53. The predicted molar refractivity (Wildman–Crippen MR) is 68.9 cm³/mol. The maximum atomic E-state index is 5.78. The summed E-state index contributed by atoms with van der Waals surface area (Å²) in [6.07, 6.45) is 3.69. The first kappa shape index (κ1) is 11.7. The minimum Gasteiger partial charge on any atom is -0.407 e. The van der Waals surface area contributed by atoms with Crippen molar-refractivity contribution in [1.29, 1.82) is 0 Å². The fourth-order valence-electron chi connectivity index (χ4n) is 3.33. The van der Waals surface area contributed by atoms with Gasteiger partial charge in [0.25, 0.3) is 0 Å². The molecule has 6 heteroatoms. The van der Waals surface area contributed by atoms with Crippen LogP contribution in [0.5, 0.6) is 0 Å². The third-order valence-corrected chi connectivity index (χ3v) is 4.53. The van der Waals surface area contributed by atoms with Crippen LogP contribution in [0.3, 0.4) is 0 Å². The molecular formula is C13H20N4O2. The van der Waals surface area contributed by atoms with E-state index >= 15 is 0 Å². The van der Waals surface area contributed by atoms with Crippen molar-refractivity contribution in [3.8, 4) is 0 Å². The van der Waals surface area contributed by atoms with Gasteiger partial charge in [0.1, 0.15) is 0 Å². The molecule has 0 radical (unpaired) electrons. The van der Waals surface area contributed by atoms with E-state index in [-0.39, 0.29) is 0 Å². The molecule has 4 heterocycles. The predicted octanol–water partition coefficient (Wildman–Crippen LogP) is 0.892. The molecule has 0 atom stereocenters. The zero-order valence-corrected chi connectivity index (χ0v) is 11.2. The van der Waals surface area contributed by atoms with Gasteiger partial charge in [-0.3, -0.25) is 4.90 Å². The zero-order valence-electron chi connectivity index (χ0n) is 11.2. The number of nitrogens with zero attached hydrogens (tertiary/aromatic N) is 4. The first-order chi connectivity index (χ1) is 9.33. The lowest BCUT2D eigenvalue weighted by Gasteiger charge is -2.37. The summed E-state index contributed by atoms with van der Waals surface area (Å²) in [5.74, 6) is 0.749. The standard InChI is InChI=1S/C13H20N4O2/c1-2-5-17(4-1)12-15-14-11(19-12)7-16-6-3-13(8-16)9-18-10-13/h1-10H2. The number of hydrogen-bond donors (Lipinski definition) is 0. The SMILES string of the molecule is C1CCN(c2nnc(CN3CCC4(COC4)C3)o2)C1. The van der Waals surface area contributed by atoms with Gasteiger partial charge in [0.15, 0.2) is 0 Å². The molecule has 0 unspecified atom stereocenters. The first-order valence-electron chi connectivity index (χ1n) is 7.21. The summed E-state index contributed by atoms with van der Waals surface area (Å²) in [5, 5.41) is 8.35.